The van der Waals surface area contributed by atoms with Gasteiger partial charge in [-0.15, -0.1) is 0 Å². The summed E-state index contributed by atoms with van der Waals surface area (Å²) in [5, 5.41) is 3.04. The molecule has 1 atom stereocenters. The maximum atomic E-state index is 13.1. The Morgan fingerprint density at radius 1 is 1.03 bits per heavy atom. The van der Waals surface area contributed by atoms with E-state index < -0.39 is 0 Å². The Morgan fingerprint density at radius 2 is 1.81 bits per heavy atom. The molecule has 31 heavy (non-hydrogen) atoms. The van der Waals surface area contributed by atoms with Crippen molar-refractivity contribution in [1.82, 2.24) is 14.9 Å². The molecule has 0 spiro atoms. The number of benzene rings is 2. The van der Waals surface area contributed by atoms with Gasteiger partial charge in [-0.25, -0.2) is 9.37 Å². The first-order valence-corrected chi connectivity index (χ1v) is 11.4. The van der Waals surface area contributed by atoms with Gasteiger partial charge >= 0.3 is 0 Å². The van der Waals surface area contributed by atoms with E-state index in [0.717, 1.165) is 36.4 Å². The van der Waals surface area contributed by atoms with Crippen LogP contribution in [0.2, 0.25) is 0 Å². The molecule has 1 unspecified atom stereocenters. The maximum Gasteiger partial charge on any atom is 0.225 e. The number of imidazole rings is 1. The normalized spacial score (nSPS) is 19.8. The van der Waals surface area contributed by atoms with Crippen LogP contribution in [0.5, 0.6) is 0 Å². The number of hydrogen-bond donors (Lipinski definition) is 1. The van der Waals surface area contributed by atoms with Crippen molar-refractivity contribution < 1.29 is 9.18 Å². The Labute approximate surface area is 182 Å². The van der Waals surface area contributed by atoms with Gasteiger partial charge in [-0.1, -0.05) is 37.1 Å². The first-order valence-electron chi connectivity index (χ1n) is 11.4. The monoisotopic (exact) mass is 420 g/mol. The van der Waals surface area contributed by atoms with Crippen LogP contribution in [0.25, 0.3) is 11.0 Å². The number of nitrogens with zero attached hydrogens (tertiary/aromatic N) is 3. The van der Waals surface area contributed by atoms with Crippen LogP contribution in [0.15, 0.2) is 48.5 Å². The van der Waals surface area contributed by atoms with Crippen molar-refractivity contribution in [2.45, 2.75) is 51.1 Å². The summed E-state index contributed by atoms with van der Waals surface area (Å²) in [6.07, 6.45) is 6.79. The van der Waals surface area contributed by atoms with Gasteiger partial charge in [0, 0.05) is 25.7 Å². The fourth-order valence-corrected chi connectivity index (χ4v) is 5.09. The second kappa shape index (κ2) is 8.69. The molecule has 5 rings (SSSR count). The molecule has 1 N–H and O–H groups in total. The minimum Gasteiger partial charge on any atom is -0.352 e. The van der Waals surface area contributed by atoms with Crippen LogP contribution in [0.3, 0.4) is 0 Å². The van der Waals surface area contributed by atoms with Gasteiger partial charge in [-0.3, -0.25) is 4.79 Å². The van der Waals surface area contributed by atoms with Crippen LogP contribution in [0.1, 0.15) is 50.1 Å². The second-order valence-corrected chi connectivity index (χ2v) is 8.84. The van der Waals surface area contributed by atoms with E-state index in [1.54, 1.807) is 12.1 Å². The number of rotatable bonds is 5. The Morgan fingerprint density at radius 3 is 2.61 bits per heavy atom. The first-order chi connectivity index (χ1) is 15.2. The fraction of sp³-hybridized carbons (Fsp3) is 0.440. The standard InChI is InChI=1S/C25H29FN4O/c26-20-13-11-18(12-14-20)16-27-24(31)19-6-5-15-29(17-19)25-28-22-9-3-4-10-23(22)30(25)21-7-1-2-8-21/h3-4,9-14,19,21H,1-2,5-8,15-17H2,(H,27,31). The van der Waals surface area contributed by atoms with Gasteiger partial charge in [0.25, 0.3) is 0 Å². The number of nitrogens with one attached hydrogen (secondary N) is 1. The average Bonchev–Trinajstić information content (AvgIpc) is 3.46. The highest BCUT2D eigenvalue weighted by atomic mass is 19.1. The lowest BCUT2D eigenvalue weighted by atomic mass is 9.97. The van der Waals surface area contributed by atoms with Crippen LogP contribution in [0.4, 0.5) is 10.3 Å². The van der Waals surface area contributed by atoms with Gasteiger partial charge in [-0.2, -0.15) is 0 Å². The van der Waals surface area contributed by atoms with Crippen LogP contribution < -0.4 is 10.2 Å². The summed E-state index contributed by atoms with van der Waals surface area (Å²) in [4.78, 5) is 20.2. The molecule has 2 aromatic carbocycles. The number of fused-ring (bicyclic) bond motifs is 1. The molecule has 1 aliphatic heterocycles. The molecule has 1 amide bonds. The molecule has 6 heteroatoms. The van der Waals surface area contributed by atoms with E-state index >= 15 is 0 Å². The van der Waals surface area contributed by atoms with E-state index in [-0.39, 0.29) is 17.6 Å². The summed E-state index contributed by atoms with van der Waals surface area (Å²) in [6.45, 7) is 2.04. The Balaban J connectivity index is 1.33. The van der Waals surface area contributed by atoms with Crippen molar-refractivity contribution in [3.05, 3.63) is 59.9 Å². The van der Waals surface area contributed by atoms with Crippen molar-refractivity contribution in [3.8, 4) is 0 Å². The van der Waals surface area contributed by atoms with Gasteiger partial charge in [0.05, 0.1) is 17.0 Å². The molecule has 5 nitrogen and oxygen atoms in total. The summed E-state index contributed by atoms with van der Waals surface area (Å²) in [6, 6.07) is 15.2. The molecule has 3 aromatic rings. The summed E-state index contributed by atoms with van der Waals surface area (Å²) < 4.78 is 15.5. The van der Waals surface area contributed by atoms with Crippen LogP contribution in [-0.4, -0.2) is 28.5 Å². The van der Waals surface area contributed by atoms with Gasteiger partial charge in [0.2, 0.25) is 11.9 Å². The molecule has 1 aliphatic carbocycles. The van der Waals surface area contributed by atoms with Gasteiger partial charge < -0.3 is 14.8 Å². The SMILES string of the molecule is O=C(NCc1ccc(F)cc1)C1CCCN(c2nc3ccccc3n2C2CCCC2)C1. The van der Waals surface area contributed by atoms with Crippen molar-refractivity contribution in [3.63, 3.8) is 0 Å². The predicted octanol–water partition coefficient (Wildman–Crippen LogP) is 4.82. The molecule has 162 valence electrons. The number of carbonyl (C=O) groups excluding carboxylic acids is 1. The molecule has 2 aliphatic rings. The lowest BCUT2D eigenvalue weighted by Crippen LogP contribution is -2.44. The quantitative estimate of drug-likeness (QED) is 0.644. The van der Waals surface area contributed by atoms with Gasteiger partial charge in [-0.05, 0) is 55.5 Å². The summed E-state index contributed by atoms with van der Waals surface area (Å²) >= 11 is 0. The second-order valence-electron chi connectivity index (χ2n) is 8.84. The average molecular weight is 421 g/mol. The topological polar surface area (TPSA) is 50.2 Å². The van der Waals surface area contributed by atoms with E-state index in [2.05, 4.69) is 33.0 Å². The minimum atomic E-state index is -0.261. The highest BCUT2D eigenvalue weighted by molar-refractivity contribution is 5.81. The molecule has 2 fully saturated rings. The van der Waals surface area contributed by atoms with E-state index in [4.69, 9.17) is 4.98 Å². The van der Waals surface area contributed by atoms with Gasteiger partial charge in [0.15, 0.2) is 0 Å². The number of piperidine rings is 1. The molecule has 2 heterocycles. The van der Waals surface area contributed by atoms with Crippen molar-refractivity contribution in [2.75, 3.05) is 18.0 Å². The summed E-state index contributed by atoms with van der Waals surface area (Å²) in [7, 11) is 0. The lowest BCUT2D eigenvalue weighted by Gasteiger charge is -2.34. The summed E-state index contributed by atoms with van der Waals surface area (Å²) in [5.74, 6) is 0.760. The minimum absolute atomic E-state index is 0.0639. The maximum absolute atomic E-state index is 13.1. The largest absolute Gasteiger partial charge is 0.352 e. The number of amides is 1. The van der Waals surface area contributed by atoms with E-state index in [9.17, 15) is 9.18 Å². The van der Waals surface area contributed by atoms with Crippen LogP contribution in [-0.2, 0) is 11.3 Å². The first kappa shape index (κ1) is 20.0. The molecular weight excluding hydrogens is 391 g/mol. The Hall–Kier alpha value is -2.89. The molecular formula is C25H29FN4O. The van der Waals surface area contributed by atoms with E-state index in [0.29, 0.717) is 19.1 Å². The highest BCUT2D eigenvalue weighted by Gasteiger charge is 2.31. The number of para-hydroxylation sites is 2. The number of carbonyl (C=O) groups is 1. The molecule has 0 bridgehead atoms. The summed E-state index contributed by atoms with van der Waals surface area (Å²) in [5.41, 5.74) is 3.14. The number of halogens is 1. The third kappa shape index (κ3) is 4.16. The lowest BCUT2D eigenvalue weighted by molar-refractivity contribution is -0.125. The number of hydrogen-bond acceptors (Lipinski definition) is 3. The third-order valence-electron chi connectivity index (χ3n) is 6.72. The third-order valence-corrected chi connectivity index (χ3v) is 6.72. The van der Waals surface area contributed by atoms with E-state index in [1.165, 1.54) is 43.3 Å². The Kier molecular flexibility index (Phi) is 5.62. The zero-order chi connectivity index (χ0) is 21.2. The van der Waals surface area contributed by atoms with Crippen LogP contribution in [0, 0.1) is 11.7 Å². The molecule has 1 saturated carbocycles. The Bertz CT molecular complexity index is 1060. The molecule has 0 radical (unpaired) electrons. The fourth-order valence-electron chi connectivity index (χ4n) is 5.09. The number of aromatic nitrogens is 2. The van der Waals surface area contributed by atoms with Gasteiger partial charge in [0.1, 0.15) is 5.82 Å². The van der Waals surface area contributed by atoms with Crippen LogP contribution >= 0.6 is 0 Å². The predicted molar refractivity (Wildman–Crippen MR) is 120 cm³/mol. The van der Waals surface area contributed by atoms with E-state index in [1.807, 2.05) is 6.07 Å². The molecule has 1 aromatic heterocycles. The zero-order valence-corrected chi connectivity index (χ0v) is 17.8. The number of anilines is 1. The van der Waals surface area contributed by atoms with Crippen molar-refractivity contribution in [2.24, 2.45) is 5.92 Å². The van der Waals surface area contributed by atoms with Crippen molar-refractivity contribution in [1.29, 1.82) is 0 Å². The van der Waals surface area contributed by atoms with Crippen molar-refractivity contribution >= 4 is 22.9 Å². The smallest absolute Gasteiger partial charge is 0.225 e. The zero-order valence-electron chi connectivity index (χ0n) is 17.8. The molecule has 1 saturated heterocycles. The highest BCUT2D eigenvalue weighted by Crippen LogP contribution is 2.37.